The number of ether oxygens (including phenoxy) is 2. The summed E-state index contributed by atoms with van der Waals surface area (Å²) in [5.41, 5.74) is 1.46. The van der Waals surface area contributed by atoms with E-state index in [0.29, 0.717) is 18.2 Å². The minimum atomic E-state index is 0.198. The van der Waals surface area contributed by atoms with E-state index >= 15 is 0 Å². The molecule has 20 heavy (non-hydrogen) atoms. The smallest absolute Gasteiger partial charge is 0.119 e. The highest BCUT2D eigenvalue weighted by Crippen LogP contribution is 2.43. The van der Waals surface area contributed by atoms with Gasteiger partial charge in [0.1, 0.15) is 5.75 Å². The van der Waals surface area contributed by atoms with Crippen LogP contribution in [0.3, 0.4) is 0 Å². The Labute approximate surface area is 122 Å². The Bertz CT molecular complexity index is 444. The highest BCUT2D eigenvalue weighted by atomic mass is 16.5. The first kappa shape index (κ1) is 15.3. The van der Waals surface area contributed by atoms with Gasteiger partial charge in [-0.2, -0.15) is 0 Å². The van der Waals surface area contributed by atoms with Crippen LogP contribution in [0.2, 0.25) is 0 Å². The Kier molecular flexibility index (Phi) is 4.71. The molecular weight excluding hydrogens is 250 g/mol. The molecule has 112 valence electrons. The van der Waals surface area contributed by atoms with Crippen molar-refractivity contribution < 1.29 is 9.47 Å². The third kappa shape index (κ3) is 2.99. The average molecular weight is 277 g/mol. The van der Waals surface area contributed by atoms with Crippen LogP contribution in [0.1, 0.15) is 45.7 Å². The lowest BCUT2D eigenvalue weighted by Gasteiger charge is -2.52. The molecule has 3 nitrogen and oxygen atoms in total. The molecule has 1 aliphatic rings. The lowest BCUT2D eigenvalue weighted by atomic mass is 9.64. The molecule has 0 saturated heterocycles. The van der Waals surface area contributed by atoms with Crippen molar-refractivity contribution in [2.24, 2.45) is 5.41 Å². The fourth-order valence-electron chi connectivity index (χ4n) is 2.96. The highest BCUT2D eigenvalue weighted by Gasteiger charge is 2.49. The van der Waals surface area contributed by atoms with Gasteiger partial charge < -0.3 is 14.8 Å². The number of benzene rings is 1. The van der Waals surface area contributed by atoms with Crippen LogP contribution >= 0.6 is 0 Å². The number of hydrogen-bond donors (Lipinski definition) is 1. The van der Waals surface area contributed by atoms with E-state index in [2.05, 4.69) is 45.1 Å². The summed E-state index contributed by atoms with van der Waals surface area (Å²) < 4.78 is 11.1. The van der Waals surface area contributed by atoms with E-state index in [1.54, 1.807) is 7.11 Å². The Morgan fingerprint density at radius 2 is 2.15 bits per heavy atom. The van der Waals surface area contributed by atoms with Crippen molar-refractivity contribution in [1.82, 2.24) is 5.32 Å². The van der Waals surface area contributed by atoms with Gasteiger partial charge in [-0.3, -0.25) is 0 Å². The Morgan fingerprint density at radius 1 is 1.40 bits per heavy atom. The molecule has 1 aliphatic carbocycles. The van der Waals surface area contributed by atoms with Gasteiger partial charge in [0.2, 0.25) is 0 Å². The minimum absolute atomic E-state index is 0.198. The first-order valence-corrected chi connectivity index (χ1v) is 7.50. The topological polar surface area (TPSA) is 30.5 Å². The number of nitrogens with one attached hydrogen (secondary N) is 1. The standard InChI is InChI=1S/C17H27NO2/c1-6-20-16-11-15(17(16,3)4)18-12(2)13-8-7-9-14(10-13)19-5/h7-10,12,15-16,18H,6,11H2,1-5H3/t12-,15?,16?/m0/s1. The second kappa shape index (κ2) is 6.15. The summed E-state index contributed by atoms with van der Waals surface area (Å²) in [4.78, 5) is 0. The number of rotatable bonds is 6. The van der Waals surface area contributed by atoms with E-state index < -0.39 is 0 Å². The van der Waals surface area contributed by atoms with Crippen molar-refractivity contribution in [2.45, 2.75) is 52.3 Å². The number of hydrogen-bond acceptors (Lipinski definition) is 3. The Hall–Kier alpha value is -1.06. The molecule has 0 aromatic heterocycles. The molecule has 0 bridgehead atoms. The molecule has 2 rings (SSSR count). The molecular formula is C17H27NO2. The van der Waals surface area contributed by atoms with Crippen LogP contribution in [0.25, 0.3) is 0 Å². The third-order valence-corrected chi connectivity index (χ3v) is 4.59. The van der Waals surface area contributed by atoms with E-state index in [-0.39, 0.29) is 5.41 Å². The summed E-state index contributed by atoms with van der Waals surface area (Å²) >= 11 is 0. The maximum Gasteiger partial charge on any atom is 0.119 e. The predicted molar refractivity (Wildman–Crippen MR) is 82.1 cm³/mol. The van der Waals surface area contributed by atoms with E-state index in [1.165, 1.54) is 5.56 Å². The molecule has 1 N–H and O–H groups in total. The Balaban J connectivity index is 1.97. The Morgan fingerprint density at radius 3 is 2.75 bits per heavy atom. The van der Waals surface area contributed by atoms with Crippen molar-refractivity contribution in [3.8, 4) is 5.75 Å². The number of methoxy groups -OCH3 is 1. The fourth-order valence-corrected chi connectivity index (χ4v) is 2.96. The molecule has 1 aromatic rings. The van der Waals surface area contributed by atoms with Gasteiger partial charge in [-0.05, 0) is 38.0 Å². The van der Waals surface area contributed by atoms with Crippen molar-refractivity contribution in [2.75, 3.05) is 13.7 Å². The van der Waals surface area contributed by atoms with Crippen molar-refractivity contribution in [3.05, 3.63) is 29.8 Å². The van der Waals surface area contributed by atoms with Crippen LogP contribution < -0.4 is 10.1 Å². The van der Waals surface area contributed by atoms with Gasteiger partial charge in [0, 0.05) is 24.1 Å². The highest BCUT2D eigenvalue weighted by molar-refractivity contribution is 5.30. The van der Waals surface area contributed by atoms with E-state index in [9.17, 15) is 0 Å². The summed E-state index contributed by atoms with van der Waals surface area (Å²) in [6.45, 7) is 9.64. The zero-order valence-corrected chi connectivity index (χ0v) is 13.3. The van der Waals surface area contributed by atoms with Gasteiger partial charge in [0.25, 0.3) is 0 Å². The quantitative estimate of drug-likeness (QED) is 0.862. The molecule has 0 radical (unpaired) electrons. The second-order valence-electron chi connectivity index (χ2n) is 6.22. The molecule has 0 spiro atoms. The van der Waals surface area contributed by atoms with Gasteiger partial charge >= 0.3 is 0 Å². The lowest BCUT2D eigenvalue weighted by molar-refractivity contribution is -0.116. The van der Waals surface area contributed by atoms with Crippen LogP contribution in [0.5, 0.6) is 5.75 Å². The average Bonchev–Trinajstić information content (AvgIpc) is 2.46. The molecule has 1 saturated carbocycles. The van der Waals surface area contributed by atoms with Crippen LogP contribution in [0, 0.1) is 5.41 Å². The predicted octanol–water partition coefficient (Wildman–Crippen LogP) is 3.55. The van der Waals surface area contributed by atoms with Gasteiger partial charge in [-0.25, -0.2) is 0 Å². The van der Waals surface area contributed by atoms with Crippen LogP contribution in [-0.4, -0.2) is 25.9 Å². The summed E-state index contributed by atoms with van der Waals surface area (Å²) in [6.07, 6.45) is 1.47. The van der Waals surface area contributed by atoms with Crippen molar-refractivity contribution in [1.29, 1.82) is 0 Å². The van der Waals surface area contributed by atoms with Crippen LogP contribution in [0.4, 0.5) is 0 Å². The molecule has 3 heteroatoms. The molecule has 1 fully saturated rings. The fraction of sp³-hybridized carbons (Fsp3) is 0.647. The minimum Gasteiger partial charge on any atom is -0.497 e. The zero-order chi connectivity index (χ0) is 14.8. The molecule has 0 aliphatic heterocycles. The third-order valence-electron chi connectivity index (χ3n) is 4.59. The molecule has 1 aromatic carbocycles. The lowest BCUT2D eigenvalue weighted by Crippen LogP contribution is -2.61. The SMILES string of the molecule is CCOC1CC(N[C@@H](C)c2cccc(OC)c2)C1(C)C. The summed E-state index contributed by atoms with van der Waals surface area (Å²) in [7, 11) is 1.71. The van der Waals surface area contributed by atoms with Gasteiger partial charge in [-0.1, -0.05) is 26.0 Å². The van der Waals surface area contributed by atoms with Crippen LogP contribution in [-0.2, 0) is 4.74 Å². The van der Waals surface area contributed by atoms with Crippen LogP contribution in [0.15, 0.2) is 24.3 Å². The summed E-state index contributed by atoms with van der Waals surface area (Å²) in [5.74, 6) is 0.913. The first-order chi connectivity index (χ1) is 9.48. The summed E-state index contributed by atoms with van der Waals surface area (Å²) in [6, 6.07) is 9.09. The second-order valence-corrected chi connectivity index (χ2v) is 6.22. The van der Waals surface area contributed by atoms with Gasteiger partial charge in [0.05, 0.1) is 13.2 Å². The maximum atomic E-state index is 5.79. The van der Waals surface area contributed by atoms with Crippen molar-refractivity contribution >= 4 is 0 Å². The monoisotopic (exact) mass is 277 g/mol. The molecule has 2 unspecified atom stereocenters. The zero-order valence-electron chi connectivity index (χ0n) is 13.3. The van der Waals surface area contributed by atoms with Gasteiger partial charge in [0.15, 0.2) is 0 Å². The normalized spacial score (nSPS) is 25.9. The summed E-state index contributed by atoms with van der Waals surface area (Å²) in [5, 5.41) is 3.73. The largest absolute Gasteiger partial charge is 0.497 e. The van der Waals surface area contributed by atoms with E-state index in [1.807, 2.05) is 12.1 Å². The van der Waals surface area contributed by atoms with E-state index in [0.717, 1.165) is 18.8 Å². The molecule has 3 atom stereocenters. The van der Waals surface area contributed by atoms with Gasteiger partial charge in [-0.15, -0.1) is 0 Å². The first-order valence-electron chi connectivity index (χ1n) is 7.50. The molecule has 0 amide bonds. The maximum absolute atomic E-state index is 5.79. The van der Waals surface area contributed by atoms with E-state index in [4.69, 9.17) is 9.47 Å². The van der Waals surface area contributed by atoms with Crippen molar-refractivity contribution in [3.63, 3.8) is 0 Å². The molecule has 0 heterocycles.